The van der Waals surface area contributed by atoms with Crippen LogP contribution in [0.4, 0.5) is 13.2 Å². The number of hydrogen-bond donors (Lipinski definition) is 0. The highest BCUT2D eigenvalue weighted by Gasteiger charge is 2.10. The molecule has 0 aliphatic rings. The van der Waals surface area contributed by atoms with E-state index in [1.165, 1.54) is 6.07 Å². The van der Waals surface area contributed by atoms with Gasteiger partial charge < -0.3 is 0 Å². The summed E-state index contributed by atoms with van der Waals surface area (Å²) in [6.07, 6.45) is 0.539. The molecule has 3 heteroatoms. The topological polar surface area (TPSA) is 0 Å². The third kappa shape index (κ3) is 2.33. The highest BCUT2D eigenvalue weighted by molar-refractivity contribution is 5.65. The highest BCUT2D eigenvalue weighted by atomic mass is 19.1. The monoisotopic (exact) mass is 236 g/mol. The molecule has 17 heavy (non-hydrogen) atoms. The van der Waals surface area contributed by atoms with Crippen molar-refractivity contribution < 1.29 is 13.2 Å². The van der Waals surface area contributed by atoms with E-state index >= 15 is 0 Å². The van der Waals surface area contributed by atoms with Crippen LogP contribution >= 0.6 is 0 Å². The molecule has 0 bridgehead atoms. The second-order valence-electron chi connectivity index (χ2n) is 3.79. The average molecular weight is 236 g/mol. The van der Waals surface area contributed by atoms with Crippen LogP contribution in [0.25, 0.3) is 11.1 Å². The van der Waals surface area contributed by atoms with E-state index in [4.69, 9.17) is 0 Å². The standard InChI is InChI=1S/C14H11F3/c1-2-9-4-3-5-13(14(9)17)10-6-11(15)8-12(16)7-10/h3-8H,2H2,1H3. The summed E-state index contributed by atoms with van der Waals surface area (Å²) in [5.41, 5.74) is 0.977. The zero-order valence-electron chi connectivity index (χ0n) is 9.31. The Kier molecular flexibility index (Phi) is 3.18. The highest BCUT2D eigenvalue weighted by Crippen LogP contribution is 2.26. The number of halogens is 3. The molecule has 0 amide bonds. The third-order valence-corrected chi connectivity index (χ3v) is 2.63. The Labute approximate surface area is 97.7 Å². The first-order valence-corrected chi connectivity index (χ1v) is 5.35. The molecule has 0 atom stereocenters. The zero-order valence-corrected chi connectivity index (χ0v) is 9.31. The maximum atomic E-state index is 14.0. The van der Waals surface area contributed by atoms with Crippen molar-refractivity contribution in [3.05, 3.63) is 59.4 Å². The summed E-state index contributed by atoms with van der Waals surface area (Å²) >= 11 is 0. The Morgan fingerprint density at radius 3 is 2.18 bits per heavy atom. The lowest BCUT2D eigenvalue weighted by Crippen LogP contribution is -1.93. The van der Waals surface area contributed by atoms with E-state index < -0.39 is 17.5 Å². The Morgan fingerprint density at radius 2 is 1.59 bits per heavy atom. The van der Waals surface area contributed by atoms with Gasteiger partial charge in [-0.15, -0.1) is 0 Å². The summed E-state index contributed by atoms with van der Waals surface area (Å²) in [4.78, 5) is 0. The van der Waals surface area contributed by atoms with Crippen molar-refractivity contribution >= 4 is 0 Å². The minimum absolute atomic E-state index is 0.218. The minimum atomic E-state index is -0.707. The maximum Gasteiger partial charge on any atom is 0.134 e. The molecule has 0 saturated heterocycles. The van der Waals surface area contributed by atoms with Gasteiger partial charge in [-0.3, -0.25) is 0 Å². The molecule has 0 N–H and O–H groups in total. The van der Waals surface area contributed by atoms with Crippen LogP contribution in [0.3, 0.4) is 0 Å². The molecule has 0 heterocycles. The van der Waals surface area contributed by atoms with Crippen molar-refractivity contribution in [2.24, 2.45) is 0 Å². The normalized spacial score (nSPS) is 10.6. The molecule has 0 unspecified atom stereocenters. The van der Waals surface area contributed by atoms with E-state index in [-0.39, 0.29) is 11.1 Å². The fourth-order valence-electron chi connectivity index (χ4n) is 1.79. The fourth-order valence-corrected chi connectivity index (χ4v) is 1.79. The average Bonchev–Trinajstić information content (AvgIpc) is 2.28. The van der Waals surface area contributed by atoms with Gasteiger partial charge in [-0.05, 0) is 29.7 Å². The van der Waals surface area contributed by atoms with Crippen LogP contribution in [0, 0.1) is 17.5 Å². The van der Waals surface area contributed by atoms with E-state index in [0.717, 1.165) is 18.2 Å². The predicted octanol–water partition coefficient (Wildman–Crippen LogP) is 4.33. The first-order valence-electron chi connectivity index (χ1n) is 5.35. The van der Waals surface area contributed by atoms with Crippen molar-refractivity contribution in [3.8, 4) is 11.1 Å². The Hall–Kier alpha value is -1.77. The zero-order chi connectivity index (χ0) is 12.4. The van der Waals surface area contributed by atoms with Crippen LogP contribution in [0.1, 0.15) is 12.5 Å². The molecule has 0 radical (unpaired) electrons. The first kappa shape index (κ1) is 11.7. The number of rotatable bonds is 2. The second kappa shape index (κ2) is 4.62. The van der Waals surface area contributed by atoms with Crippen molar-refractivity contribution in [1.29, 1.82) is 0 Å². The van der Waals surface area contributed by atoms with Crippen LogP contribution in [0.5, 0.6) is 0 Å². The predicted molar refractivity (Wildman–Crippen MR) is 61.1 cm³/mol. The quantitative estimate of drug-likeness (QED) is 0.727. The third-order valence-electron chi connectivity index (χ3n) is 2.63. The molecule has 0 aromatic heterocycles. The summed E-state index contributed by atoms with van der Waals surface area (Å²) in [5, 5.41) is 0. The lowest BCUT2D eigenvalue weighted by molar-refractivity contribution is 0.583. The molecule has 2 aromatic carbocycles. The van der Waals surface area contributed by atoms with Gasteiger partial charge >= 0.3 is 0 Å². The van der Waals surface area contributed by atoms with E-state index in [1.807, 2.05) is 6.92 Å². The first-order chi connectivity index (χ1) is 8.11. The van der Waals surface area contributed by atoms with Gasteiger partial charge in [0.15, 0.2) is 0 Å². The lowest BCUT2D eigenvalue weighted by atomic mass is 10.0. The molecule has 2 rings (SSSR count). The summed E-state index contributed by atoms with van der Waals surface area (Å²) < 4.78 is 40.1. The smallest absolute Gasteiger partial charge is 0.134 e. The van der Waals surface area contributed by atoms with E-state index in [0.29, 0.717) is 12.0 Å². The number of hydrogen-bond acceptors (Lipinski definition) is 0. The number of aryl methyl sites for hydroxylation is 1. The largest absolute Gasteiger partial charge is 0.207 e. The van der Waals surface area contributed by atoms with Crippen LogP contribution in [-0.4, -0.2) is 0 Å². The molecular formula is C14H11F3. The van der Waals surface area contributed by atoms with Crippen LogP contribution < -0.4 is 0 Å². The van der Waals surface area contributed by atoms with Gasteiger partial charge in [0.1, 0.15) is 17.5 Å². The summed E-state index contributed by atoms with van der Waals surface area (Å²) in [6.45, 7) is 1.83. The Morgan fingerprint density at radius 1 is 0.941 bits per heavy atom. The van der Waals surface area contributed by atoms with Crippen LogP contribution in [-0.2, 0) is 6.42 Å². The minimum Gasteiger partial charge on any atom is -0.207 e. The second-order valence-corrected chi connectivity index (χ2v) is 3.79. The van der Waals surface area contributed by atoms with Gasteiger partial charge in [0.05, 0.1) is 0 Å². The molecule has 88 valence electrons. The van der Waals surface area contributed by atoms with Gasteiger partial charge in [-0.1, -0.05) is 25.1 Å². The molecule has 0 aliphatic heterocycles. The van der Waals surface area contributed by atoms with Crippen molar-refractivity contribution in [2.75, 3.05) is 0 Å². The molecule has 2 aromatic rings. The number of benzene rings is 2. The molecule has 0 saturated carbocycles. The van der Waals surface area contributed by atoms with Gasteiger partial charge in [0.25, 0.3) is 0 Å². The molecule has 0 fully saturated rings. The summed E-state index contributed by atoms with van der Waals surface area (Å²) in [7, 11) is 0. The molecule has 0 spiro atoms. The Balaban J connectivity index is 2.60. The SMILES string of the molecule is CCc1cccc(-c2cc(F)cc(F)c2)c1F. The van der Waals surface area contributed by atoms with Gasteiger partial charge in [0.2, 0.25) is 0 Å². The van der Waals surface area contributed by atoms with E-state index in [9.17, 15) is 13.2 Å². The molecule has 0 nitrogen and oxygen atoms in total. The van der Waals surface area contributed by atoms with Gasteiger partial charge in [-0.2, -0.15) is 0 Å². The van der Waals surface area contributed by atoms with Crippen molar-refractivity contribution in [3.63, 3.8) is 0 Å². The Bertz CT molecular complexity index is 527. The van der Waals surface area contributed by atoms with Crippen molar-refractivity contribution in [2.45, 2.75) is 13.3 Å². The van der Waals surface area contributed by atoms with Crippen LogP contribution in [0.2, 0.25) is 0 Å². The summed E-state index contributed by atoms with van der Waals surface area (Å²) in [5.74, 6) is -1.83. The van der Waals surface area contributed by atoms with Gasteiger partial charge in [-0.25, -0.2) is 13.2 Å². The fraction of sp³-hybridized carbons (Fsp3) is 0.143. The lowest BCUT2D eigenvalue weighted by Gasteiger charge is -2.07. The van der Waals surface area contributed by atoms with Crippen molar-refractivity contribution in [1.82, 2.24) is 0 Å². The maximum absolute atomic E-state index is 14.0. The van der Waals surface area contributed by atoms with Gasteiger partial charge in [0, 0.05) is 11.6 Å². The van der Waals surface area contributed by atoms with E-state index in [1.54, 1.807) is 12.1 Å². The summed E-state index contributed by atoms with van der Waals surface area (Å²) in [6, 6.07) is 7.88. The molecular weight excluding hydrogens is 225 g/mol. The molecule has 0 aliphatic carbocycles. The van der Waals surface area contributed by atoms with E-state index in [2.05, 4.69) is 0 Å². The van der Waals surface area contributed by atoms with Crippen LogP contribution in [0.15, 0.2) is 36.4 Å².